The topological polar surface area (TPSA) is 98.1 Å². The summed E-state index contributed by atoms with van der Waals surface area (Å²) in [6.07, 6.45) is 1.68. The van der Waals surface area contributed by atoms with Crippen LogP contribution in [0.2, 0.25) is 0 Å². The third-order valence-corrected chi connectivity index (χ3v) is 3.06. The summed E-state index contributed by atoms with van der Waals surface area (Å²) in [5.41, 5.74) is 4.22. The highest BCUT2D eigenvalue weighted by atomic mass is 16.5. The van der Waals surface area contributed by atoms with Crippen LogP contribution in [0.3, 0.4) is 0 Å². The normalized spacial score (nSPS) is 10.9. The van der Waals surface area contributed by atoms with Crippen molar-refractivity contribution in [2.24, 2.45) is 5.84 Å². The smallest absolute Gasteiger partial charge is 0.187 e. The zero-order valence-electron chi connectivity index (χ0n) is 10.5. The number of benzene rings is 1. The Morgan fingerprint density at radius 1 is 1.16 bits per heavy atom. The zero-order valence-corrected chi connectivity index (χ0v) is 10.5. The molecule has 3 rings (SSSR count). The first-order valence-electron chi connectivity index (χ1n) is 5.64. The first kappa shape index (κ1) is 11.5. The Bertz CT molecular complexity index is 753. The third kappa shape index (κ3) is 1.63. The number of fused-ring (bicyclic) bond motifs is 3. The van der Waals surface area contributed by atoms with Gasteiger partial charge in [0.05, 0.1) is 31.4 Å². The van der Waals surface area contributed by atoms with Crippen molar-refractivity contribution < 1.29 is 9.47 Å². The molecule has 0 fully saturated rings. The summed E-state index contributed by atoms with van der Waals surface area (Å²) in [6.45, 7) is 0. The van der Waals surface area contributed by atoms with Crippen molar-refractivity contribution in [2.75, 3.05) is 19.6 Å². The fourth-order valence-electron chi connectivity index (χ4n) is 2.16. The average molecular weight is 259 g/mol. The van der Waals surface area contributed by atoms with Gasteiger partial charge >= 0.3 is 0 Å². The molecule has 2 heterocycles. The van der Waals surface area contributed by atoms with Crippen molar-refractivity contribution in [2.45, 2.75) is 0 Å². The van der Waals surface area contributed by atoms with E-state index in [1.807, 2.05) is 12.1 Å². The van der Waals surface area contributed by atoms with Gasteiger partial charge in [-0.3, -0.25) is 0 Å². The van der Waals surface area contributed by atoms with E-state index in [9.17, 15) is 0 Å². The van der Waals surface area contributed by atoms with Crippen molar-refractivity contribution in [1.29, 1.82) is 0 Å². The number of ether oxygens (including phenoxy) is 2. The summed E-state index contributed by atoms with van der Waals surface area (Å²) < 4.78 is 10.6. The Hall–Kier alpha value is -2.54. The van der Waals surface area contributed by atoms with Gasteiger partial charge in [0.25, 0.3) is 0 Å². The molecule has 0 unspecified atom stereocenters. The minimum Gasteiger partial charge on any atom is -0.493 e. The summed E-state index contributed by atoms with van der Waals surface area (Å²) in [7, 11) is 3.20. The average Bonchev–Trinajstić information content (AvgIpc) is 2.83. The zero-order chi connectivity index (χ0) is 13.4. The van der Waals surface area contributed by atoms with Gasteiger partial charge in [0, 0.05) is 16.8 Å². The monoisotopic (exact) mass is 259 g/mol. The van der Waals surface area contributed by atoms with Crippen molar-refractivity contribution >= 4 is 27.6 Å². The third-order valence-electron chi connectivity index (χ3n) is 3.06. The van der Waals surface area contributed by atoms with Crippen LogP contribution < -0.4 is 20.7 Å². The number of methoxy groups -OCH3 is 2. The van der Waals surface area contributed by atoms with E-state index in [2.05, 4.69) is 20.6 Å². The number of anilines is 1. The van der Waals surface area contributed by atoms with Crippen molar-refractivity contribution in [1.82, 2.24) is 15.2 Å². The van der Waals surface area contributed by atoms with Crippen LogP contribution >= 0.6 is 0 Å². The second-order valence-electron chi connectivity index (χ2n) is 4.00. The van der Waals surface area contributed by atoms with Crippen LogP contribution in [0.5, 0.6) is 11.5 Å². The number of rotatable bonds is 3. The van der Waals surface area contributed by atoms with Gasteiger partial charge < -0.3 is 19.9 Å². The Balaban J connectivity index is 2.40. The van der Waals surface area contributed by atoms with E-state index >= 15 is 0 Å². The van der Waals surface area contributed by atoms with Crippen LogP contribution in [0.1, 0.15) is 0 Å². The predicted octanol–water partition coefficient (Wildman–Crippen LogP) is 1.41. The molecule has 0 aliphatic heterocycles. The number of nitrogens with one attached hydrogen (secondary N) is 2. The fourth-order valence-corrected chi connectivity index (χ4v) is 2.16. The van der Waals surface area contributed by atoms with Gasteiger partial charge in [-0.1, -0.05) is 0 Å². The lowest BCUT2D eigenvalue weighted by atomic mass is 10.2. The van der Waals surface area contributed by atoms with Crippen LogP contribution in [0.25, 0.3) is 21.8 Å². The summed E-state index contributed by atoms with van der Waals surface area (Å²) in [6, 6.07) is 3.77. The molecule has 7 heteroatoms. The van der Waals surface area contributed by atoms with Crippen LogP contribution in [0, 0.1) is 0 Å². The molecule has 19 heavy (non-hydrogen) atoms. The SMILES string of the molecule is COc1cc2[nH]c3c(NN)nncc3c2cc1OC. The number of aromatic amines is 1. The van der Waals surface area contributed by atoms with Gasteiger partial charge in [0.2, 0.25) is 0 Å². The van der Waals surface area contributed by atoms with E-state index in [0.717, 1.165) is 21.8 Å². The van der Waals surface area contributed by atoms with Crippen molar-refractivity contribution in [3.8, 4) is 11.5 Å². The summed E-state index contributed by atoms with van der Waals surface area (Å²) in [4.78, 5) is 3.24. The Morgan fingerprint density at radius 2 is 1.89 bits per heavy atom. The molecule has 0 bridgehead atoms. The number of hydrogen-bond acceptors (Lipinski definition) is 6. The molecule has 3 aromatic rings. The van der Waals surface area contributed by atoms with Gasteiger partial charge in [0.1, 0.15) is 0 Å². The van der Waals surface area contributed by atoms with Gasteiger partial charge in [-0.05, 0) is 6.07 Å². The second kappa shape index (κ2) is 4.29. The van der Waals surface area contributed by atoms with E-state index < -0.39 is 0 Å². The molecule has 2 aromatic heterocycles. The maximum atomic E-state index is 5.43. The van der Waals surface area contributed by atoms with Crippen LogP contribution in [0.15, 0.2) is 18.3 Å². The minimum atomic E-state index is 0.492. The van der Waals surface area contributed by atoms with Gasteiger partial charge in [-0.2, -0.15) is 5.10 Å². The summed E-state index contributed by atoms with van der Waals surface area (Å²) >= 11 is 0. The first-order valence-corrected chi connectivity index (χ1v) is 5.64. The minimum absolute atomic E-state index is 0.492. The standard InChI is InChI=1S/C12H13N5O2/c1-18-9-3-6-7-5-14-17-12(16-13)11(7)15-8(6)4-10(9)19-2/h3-5,15H,13H2,1-2H3,(H,16,17). The number of H-pyrrole nitrogens is 1. The molecule has 1 aromatic carbocycles. The molecule has 0 aliphatic carbocycles. The summed E-state index contributed by atoms with van der Waals surface area (Å²) in [5.74, 6) is 7.24. The number of hydrogen-bond donors (Lipinski definition) is 3. The summed E-state index contributed by atoms with van der Waals surface area (Å²) in [5, 5.41) is 9.73. The molecule has 0 saturated heterocycles. The fraction of sp³-hybridized carbons (Fsp3) is 0.167. The lowest BCUT2D eigenvalue weighted by Crippen LogP contribution is -2.09. The van der Waals surface area contributed by atoms with Crippen LogP contribution in [-0.2, 0) is 0 Å². The highest BCUT2D eigenvalue weighted by Gasteiger charge is 2.13. The van der Waals surface area contributed by atoms with Crippen LogP contribution in [0.4, 0.5) is 5.82 Å². The second-order valence-corrected chi connectivity index (χ2v) is 4.00. The lowest BCUT2D eigenvalue weighted by Gasteiger charge is -2.06. The van der Waals surface area contributed by atoms with Gasteiger partial charge in [-0.25, -0.2) is 5.84 Å². The number of nitrogen functional groups attached to an aromatic ring is 1. The molecule has 0 atom stereocenters. The molecule has 0 amide bonds. The number of hydrazine groups is 1. The molecule has 0 radical (unpaired) electrons. The van der Waals surface area contributed by atoms with E-state index in [4.69, 9.17) is 15.3 Å². The van der Waals surface area contributed by atoms with Gasteiger partial charge in [0.15, 0.2) is 17.3 Å². The molecular weight excluding hydrogens is 246 g/mol. The molecule has 98 valence electrons. The molecule has 0 aliphatic rings. The maximum Gasteiger partial charge on any atom is 0.187 e. The van der Waals surface area contributed by atoms with E-state index in [0.29, 0.717) is 17.3 Å². The molecular formula is C12H13N5O2. The quantitative estimate of drug-likeness (QED) is 0.486. The predicted molar refractivity (Wildman–Crippen MR) is 72.3 cm³/mol. The van der Waals surface area contributed by atoms with E-state index in [1.165, 1.54) is 0 Å². The molecule has 7 nitrogen and oxygen atoms in total. The van der Waals surface area contributed by atoms with Gasteiger partial charge in [-0.15, -0.1) is 5.10 Å². The van der Waals surface area contributed by atoms with E-state index in [1.54, 1.807) is 20.4 Å². The van der Waals surface area contributed by atoms with Crippen molar-refractivity contribution in [3.05, 3.63) is 18.3 Å². The molecule has 4 N–H and O–H groups in total. The molecule has 0 saturated carbocycles. The first-order chi connectivity index (χ1) is 9.28. The van der Waals surface area contributed by atoms with E-state index in [-0.39, 0.29) is 0 Å². The Labute approximate surface area is 108 Å². The number of aromatic nitrogens is 3. The lowest BCUT2D eigenvalue weighted by molar-refractivity contribution is 0.356. The Kier molecular flexibility index (Phi) is 2.60. The molecule has 0 spiro atoms. The maximum absolute atomic E-state index is 5.43. The van der Waals surface area contributed by atoms with Crippen LogP contribution in [-0.4, -0.2) is 29.4 Å². The number of nitrogens with zero attached hydrogens (tertiary/aromatic N) is 2. The highest BCUT2D eigenvalue weighted by molar-refractivity contribution is 6.10. The number of nitrogens with two attached hydrogens (primary N) is 1. The Morgan fingerprint density at radius 3 is 2.58 bits per heavy atom. The largest absolute Gasteiger partial charge is 0.493 e. The van der Waals surface area contributed by atoms with Crippen molar-refractivity contribution in [3.63, 3.8) is 0 Å². The highest BCUT2D eigenvalue weighted by Crippen LogP contribution is 2.36.